The second kappa shape index (κ2) is 10.3. The first-order valence-corrected chi connectivity index (χ1v) is 9.46. The summed E-state index contributed by atoms with van der Waals surface area (Å²) >= 11 is 0. The number of benzene rings is 2. The standard InChI is InChI=1S/C22H28N2O2.ClH/c1-2-26-21-11-7-6-10-18(21)12-13-22(25)24-15-19(14-23)20(16-24)17-8-4-3-5-9-17;/h3-11,19-20H,2,12-16,23H2,1H3;1H/t19-,20+;/m1./s1. The maximum Gasteiger partial charge on any atom is 0.222 e. The number of carbonyl (C=O) groups is 1. The predicted molar refractivity (Wildman–Crippen MR) is 111 cm³/mol. The van der Waals surface area contributed by atoms with Crippen LogP contribution in [0.4, 0.5) is 0 Å². The lowest BCUT2D eigenvalue weighted by atomic mass is 9.89. The molecule has 0 radical (unpaired) electrons. The fraction of sp³-hybridized carbons (Fsp3) is 0.409. The summed E-state index contributed by atoms with van der Waals surface area (Å²) in [6.45, 7) is 4.73. The lowest BCUT2D eigenvalue weighted by Gasteiger charge is -2.17. The molecule has 1 fully saturated rings. The van der Waals surface area contributed by atoms with Crippen molar-refractivity contribution in [2.24, 2.45) is 11.7 Å². The number of aryl methyl sites for hydroxylation is 1. The van der Waals surface area contributed by atoms with Gasteiger partial charge in [-0.2, -0.15) is 0 Å². The molecule has 1 heterocycles. The molecule has 0 aromatic heterocycles. The van der Waals surface area contributed by atoms with Gasteiger partial charge in [0, 0.05) is 25.4 Å². The van der Waals surface area contributed by atoms with Crippen LogP contribution in [0.5, 0.6) is 5.75 Å². The third-order valence-corrected chi connectivity index (χ3v) is 5.20. The summed E-state index contributed by atoms with van der Waals surface area (Å²) in [5.41, 5.74) is 8.36. The van der Waals surface area contributed by atoms with E-state index >= 15 is 0 Å². The van der Waals surface area contributed by atoms with Gasteiger partial charge in [-0.25, -0.2) is 0 Å². The van der Waals surface area contributed by atoms with Crippen LogP contribution in [0.25, 0.3) is 0 Å². The molecule has 0 aliphatic carbocycles. The number of ether oxygens (including phenoxy) is 1. The van der Waals surface area contributed by atoms with E-state index in [2.05, 4.69) is 24.3 Å². The van der Waals surface area contributed by atoms with Crippen molar-refractivity contribution in [3.63, 3.8) is 0 Å². The van der Waals surface area contributed by atoms with E-state index < -0.39 is 0 Å². The number of likely N-dealkylation sites (tertiary alicyclic amines) is 1. The summed E-state index contributed by atoms with van der Waals surface area (Å²) in [6, 6.07) is 18.4. The van der Waals surface area contributed by atoms with Crippen molar-refractivity contribution in [3.8, 4) is 5.75 Å². The largest absolute Gasteiger partial charge is 0.494 e. The van der Waals surface area contributed by atoms with Crippen LogP contribution in [-0.4, -0.2) is 37.0 Å². The normalized spacial score (nSPS) is 18.8. The minimum Gasteiger partial charge on any atom is -0.494 e. The van der Waals surface area contributed by atoms with Gasteiger partial charge in [-0.05, 0) is 43.0 Å². The van der Waals surface area contributed by atoms with Gasteiger partial charge < -0.3 is 15.4 Å². The van der Waals surface area contributed by atoms with Gasteiger partial charge in [0.15, 0.2) is 0 Å². The molecule has 1 amide bonds. The van der Waals surface area contributed by atoms with E-state index in [1.54, 1.807) is 0 Å². The van der Waals surface area contributed by atoms with Gasteiger partial charge in [-0.1, -0.05) is 48.5 Å². The predicted octanol–water partition coefficient (Wildman–Crippen LogP) is 3.64. The van der Waals surface area contributed by atoms with Gasteiger partial charge in [-0.3, -0.25) is 4.79 Å². The molecule has 4 nitrogen and oxygen atoms in total. The van der Waals surface area contributed by atoms with Gasteiger partial charge in [0.2, 0.25) is 5.91 Å². The van der Waals surface area contributed by atoms with E-state index in [0.717, 1.165) is 24.4 Å². The topological polar surface area (TPSA) is 55.6 Å². The summed E-state index contributed by atoms with van der Waals surface area (Å²) < 4.78 is 5.66. The lowest BCUT2D eigenvalue weighted by molar-refractivity contribution is -0.130. The van der Waals surface area contributed by atoms with Crippen LogP contribution >= 0.6 is 12.4 Å². The summed E-state index contributed by atoms with van der Waals surface area (Å²) in [5.74, 6) is 1.75. The SMILES string of the molecule is CCOc1ccccc1CCC(=O)N1C[C@@H](CN)[C@H](c2ccccc2)C1.Cl. The molecule has 5 heteroatoms. The highest BCUT2D eigenvalue weighted by Crippen LogP contribution is 2.32. The zero-order valence-corrected chi connectivity index (χ0v) is 16.7. The molecule has 0 spiro atoms. The Labute approximate surface area is 168 Å². The number of nitrogens with two attached hydrogens (primary N) is 1. The zero-order chi connectivity index (χ0) is 18.4. The van der Waals surface area contributed by atoms with Gasteiger partial charge in [-0.15, -0.1) is 12.4 Å². The van der Waals surface area contributed by atoms with Crippen LogP contribution in [0, 0.1) is 5.92 Å². The Morgan fingerprint density at radius 1 is 1.11 bits per heavy atom. The third kappa shape index (κ3) is 5.24. The fourth-order valence-corrected chi connectivity index (χ4v) is 3.80. The highest BCUT2D eigenvalue weighted by atomic mass is 35.5. The molecule has 1 aliphatic rings. The molecule has 2 aromatic rings. The number of nitrogens with zero attached hydrogens (tertiary/aromatic N) is 1. The Balaban J connectivity index is 0.00000261. The molecule has 2 aromatic carbocycles. The van der Waals surface area contributed by atoms with Crippen LogP contribution in [0.3, 0.4) is 0 Å². The van der Waals surface area contributed by atoms with Crippen LogP contribution in [-0.2, 0) is 11.2 Å². The quantitative estimate of drug-likeness (QED) is 0.787. The molecule has 27 heavy (non-hydrogen) atoms. The first-order chi connectivity index (χ1) is 12.7. The Hall–Kier alpha value is -2.04. The lowest BCUT2D eigenvalue weighted by Crippen LogP contribution is -2.30. The van der Waals surface area contributed by atoms with Crippen molar-refractivity contribution < 1.29 is 9.53 Å². The van der Waals surface area contributed by atoms with Crippen LogP contribution in [0.15, 0.2) is 54.6 Å². The van der Waals surface area contributed by atoms with Crippen molar-refractivity contribution in [2.45, 2.75) is 25.7 Å². The molecular formula is C22H29ClN2O2. The van der Waals surface area contributed by atoms with Crippen molar-refractivity contribution in [1.29, 1.82) is 0 Å². The van der Waals surface area contributed by atoms with Gasteiger partial charge in [0.25, 0.3) is 0 Å². The molecule has 146 valence electrons. The monoisotopic (exact) mass is 388 g/mol. The number of amides is 1. The first-order valence-electron chi connectivity index (χ1n) is 9.46. The Morgan fingerprint density at radius 2 is 1.81 bits per heavy atom. The van der Waals surface area contributed by atoms with Crippen molar-refractivity contribution >= 4 is 18.3 Å². The molecule has 0 saturated carbocycles. The summed E-state index contributed by atoms with van der Waals surface area (Å²) in [4.78, 5) is 14.8. The van der Waals surface area contributed by atoms with Crippen molar-refractivity contribution in [3.05, 3.63) is 65.7 Å². The smallest absolute Gasteiger partial charge is 0.222 e. The molecule has 1 saturated heterocycles. The number of para-hydroxylation sites is 1. The fourth-order valence-electron chi connectivity index (χ4n) is 3.80. The second-order valence-electron chi connectivity index (χ2n) is 6.85. The van der Waals surface area contributed by atoms with Crippen LogP contribution < -0.4 is 10.5 Å². The second-order valence-corrected chi connectivity index (χ2v) is 6.85. The molecule has 0 unspecified atom stereocenters. The minimum absolute atomic E-state index is 0. The average Bonchev–Trinajstić information content (AvgIpc) is 3.12. The summed E-state index contributed by atoms with van der Waals surface area (Å²) in [6.07, 6.45) is 1.21. The van der Waals surface area contributed by atoms with E-state index in [9.17, 15) is 4.79 Å². The highest BCUT2D eigenvalue weighted by Gasteiger charge is 2.34. The molecule has 2 atom stereocenters. The maximum atomic E-state index is 12.8. The summed E-state index contributed by atoms with van der Waals surface area (Å²) in [5, 5.41) is 0. The van der Waals surface area contributed by atoms with Crippen molar-refractivity contribution in [2.75, 3.05) is 26.2 Å². The Kier molecular flexibility index (Phi) is 8.14. The van der Waals surface area contributed by atoms with E-state index in [0.29, 0.717) is 37.8 Å². The molecule has 1 aliphatic heterocycles. The maximum absolute atomic E-state index is 12.8. The van der Waals surface area contributed by atoms with Crippen LogP contribution in [0.1, 0.15) is 30.4 Å². The van der Waals surface area contributed by atoms with Gasteiger partial charge in [0.1, 0.15) is 5.75 Å². The third-order valence-electron chi connectivity index (χ3n) is 5.20. The average molecular weight is 389 g/mol. The molecular weight excluding hydrogens is 360 g/mol. The van der Waals surface area contributed by atoms with Crippen molar-refractivity contribution in [1.82, 2.24) is 4.90 Å². The Bertz CT molecular complexity index is 723. The van der Waals surface area contributed by atoms with E-state index in [4.69, 9.17) is 10.5 Å². The number of hydrogen-bond donors (Lipinski definition) is 1. The minimum atomic E-state index is 0. The molecule has 3 rings (SSSR count). The highest BCUT2D eigenvalue weighted by molar-refractivity contribution is 5.85. The van der Waals surface area contributed by atoms with Gasteiger partial charge in [0.05, 0.1) is 6.61 Å². The number of carbonyl (C=O) groups excluding carboxylic acids is 1. The zero-order valence-electron chi connectivity index (χ0n) is 15.8. The number of halogens is 1. The number of rotatable bonds is 7. The van der Waals surface area contributed by atoms with E-state index in [-0.39, 0.29) is 18.3 Å². The summed E-state index contributed by atoms with van der Waals surface area (Å²) in [7, 11) is 0. The first kappa shape index (κ1) is 21.3. The van der Waals surface area contributed by atoms with Gasteiger partial charge >= 0.3 is 0 Å². The molecule has 0 bridgehead atoms. The van der Waals surface area contributed by atoms with E-state index in [1.807, 2.05) is 42.2 Å². The van der Waals surface area contributed by atoms with E-state index in [1.165, 1.54) is 5.56 Å². The molecule has 2 N–H and O–H groups in total. The number of hydrogen-bond acceptors (Lipinski definition) is 3. The Morgan fingerprint density at radius 3 is 2.52 bits per heavy atom. The van der Waals surface area contributed by atoms with Crippen LogP contribution in [0.2, 0.25) is 0 Å².